The molecule has 3 rings (SSSR count). The molecule has 19 heavy (non-hydrogen) atoms. The van der Waals surface area contributed by atoms with Crippen molar-refractivity contribution in [2.45, 2.75) is 12.5 Å². The van der Waals surface area contributed by atoms with Crippen molar-refractivity contribution in [3.05, 3.63) is 44.8 Å². The van der Waals surface area contributed by atoms with Crippen LogP contribution in [-0.4, -0.2) is 24.8 Å². The van der Waals surface area contributed by atoms with Crippen molar-refractivity contribution < 1.29 is 8.42 Å². The van der Waals surface area contributed by atoms with Gasteiger partial charge in [0.1, 0.15) is 0 Å². The van der Waals surface area contributed by atoms with Crippen LogP contribution in [0.3, 0.4) is 0 Å². The van der Waals surface area contributed by atoms with Gasteiger partial charge in [-0.1, -0.05) is 0 Å². The zero-order valence-electron chi connectivity index (χ0n) is 10.2. The third kappa shape index (κ3) is 2.45. The number of rotatable bonds is 3. The maximum atomic E-state index is 11.9. The predicted molar refractivity (Wildman–Crippen MR) is 79.2 cm³/mol. The molecule has 1 aliphatic rings. The smallest absolute Gasteiger partial charge is 0.205 e. The molecule has 0 saturated carbocycles. The minimum Gasteiger partial charge on any atom is -0.205 e. The summed E-state index contributed by atoms with van der Waals surface area (Å²) in [5, 5.41) is 12.2. The van der Waals surface area contributed by atoms with Crippen LogP contribution in [0.25, 0.3) is 0 Å². The molecule has 0 aliphatic carbocycles. The number of hydrazone groups is 1. The van der Waals surface area contributed by atoms with Crippen molar-refractivity contribution in [2.75, 3.05) is 6.26 Å². The van der Waals surface area contributed by atoms with Crippen molar-refractivity contribution in [1.82, 2.24) is 4.41 Å². The Morgan fingerprint density at radius 3 is 2.58 bits per heavy atom. The monoisotopic (exact) mass is 312 g/mol. The van der Waals surface area contributed by atoms with Gasteiger partial charge in [-0.05, 0) is 39.2 Å². The minimum atomic E-state index is -3.35. The van der Waals surface area contributed by atoms with Crippen LogP contribution >= 0.6 is 22.7 Å². The van der Waals surface area contributed by atoms with E-state index < -0.39 is 10.0 Å². The lowest BCUT2D eigenvalue weighted by atomic mass is 10.0. The molecule has 1 aliphatic heterocycles. The highest BCUT2D eigenvalue weighted by atomic mass is 32.2. The predicted octanol–water partition coefficient (Wildman–Crippen LogP) is 2.92. The Labute approximate surface area is 120 Å². The van der Waals surface area contributed by atoms with Crippen LogP contribution < -0.4 is 0 Å². The molecule has 0 amide bonds. The Morgan fingerprint density at radius 1 is 1.26 bits per heavy atom. The van der Waals surface area contributed by atoms with Gasteiger partial charge in [0.15, 0.2) is 0 Å². The first-order chi connectivity index (χ1) is 9.05. The minimum absolute atomic E-state index is 0.212. The summed E-state index contributed by atoms with van der Waals surface area (Å²) >= 11 is 3.15. The van der Waals surface area contributed by atoms with Gasteiger partial charge in [0, 0.05) is 12.0 Å². The lowest BCUT2D eigenvalue weighted by molar-refractivity contribution is 0.375. The van der Waals surface area contributed by atoms with Crippen molar-refractivity contribution in [3.8, 4) is 0 Å². The van der Waals surface area contributed by atoms with Gasteiger partial charge < -0.3 is 0 Å². The van der Waals surface area contributed by atoms with Crippen molar-refractivity contribution in [1.29, 1.82) is 0 Å². The molecule has 0 aromatic carbocycles. The third-order valence-corrected chi connectivity index (χ3v) is 5.40. The van der Waals surface area contributed by atoms with E-state index in [4.69, 9.17) is 0 Å². The highest BCUT2D eigenvalue weighted by molar-refractivity contribution is 7.88. The van der Waals surface area contributed by atoms with E-state index >= 15 is 0 Å². The van der Waals surface area contributed by atoms with Crippen LogP contribution in [0.4, 0.5) is 0 Å². The van der Waals surface area contributed by atoms with Crippen LogP contribution in [0.1, 0.15) is 23.6 Å². The van der Waals surface area contributed by atoms with Gasteiger partial charge in [-0.15, -0.1) is 0 Å². The maximum absolute atomic E-state index is 11.9. The van der Waals surface area contributed by atoms with Crippen LogP contribution in [0, 0.1) is 0 Å². The molecule has 0 spiro atoms. The topological polar surface area (TPSA) is 49.7 Å². The number of sulfonamides is 1. The quantitative estimate of drug-likeness (QED) is 0.875. The number of hydrogen-bond acceptors (Lipinski definition) is 5. The summed E-state index contributed by atoms with van der Waals surface area (Å²) in [6, 6.07) is 3.72. The fourth-order valence-corrected chi connectivity index (χ4v) is 4.39. The van der Waals surface area contributed by atoms with Gasteiger partial charge in [0.05, 0.1) is 18.0 Å². The summed E-state index contributed by atoms with van der Waals surface area (Å²) in [5.41, 5.74) is 2.85. The molecule has 0 unspecified atom stereocenters. The summed E-state index contributed by atoms with van der Waals surface area (Å²) in [7, 11) is -3.35. The van der Waals surface area contributed by atoms with E-state index in [1.807, 2.05) is 33.7 Å². The Kier molecular flexibility index (Phi) is 3.20. The average molecular weight is 312 g/mol. The van der Waals surface area contributed by atoms with E-state index in [0.29, 0.717) is 6.42 Å². The third-order valence-electron chi connectivity index (χ3n) is 2.99. The number of thiophene rings is 2. The zero-order chi connectivity index (χ0) is 13.5. The van der Waals surface area contributed by atoms with Crippen LogP contribution in [-0.2, 0) is 10.0 Å². The van der Waals surface area contributed by atoms with Gasteiger partial charge in [0.25, 0.3) is 0 Å². The van der Waals surface area contributed by atoms with E-state index in [0.717, 1.165) is 16.8 Å². The van der Waals surface area contributed by atoms with Crippen LogP contribution in [0.5, 0.6) is 0 Å². The molecule has 0 fully saturated rings. The molecule has 1 atom stereocenters. The zero-order valence-corrected chi connectivity index (χ0v) is 12.6. The van der Waals surface area contributed by atoms with Gasteiger partial charge in [-0.3, -0.25) is 0 Å². The first kappa shape index (κ1) is 12.8. The van der Waals surface area contributed by atoms with Crippen molar-refractivity contribution in [2.24, 2.45) is 5.10 Å². The van der Waals surface area contributed by atoms with E-state index in [2.05, 4.69) is 5.10 Å². The first-order valence-corrected chi connectivity index (χ1v) is 9.40. The second kappa shape index (κ2) is 4.73. The van der Waals surface area contributed by atoms with E-state index in [1.165, 1.54) is 10.7 Å². The summed E-state index contributed by atoms with van der Waals surface area (Å²) in [6.45, 7) is 0. The van der Waals surface area contributed by atoms with Gasteiger partial charge in [-0.25, -0.2) is 8.42 Å². The molecule has 3 heterocycles. The summed E-state index contributed by atoms with van der Waals surface area (Å²) in [5.74, 6) is 0. The Morgan fingerprint density at radius 2 is 2.00 bits per heavy atom. The Bertz CT molecular complexity index is 687. The second-order valence-electron chi connectivity index (χ2n) is 4.37. The summed E-state index contributed by atoms with van der Waals surface area (Å²) in [4.78, 5) is 0. The van der Waals surface area contributed by atoms with Crippen LogP contribution in [0.2, 0.25) is 0 Å². The molecule has 4 nitrogen and oxygen atoms in total. The molecule has 2 aromatic rings. The van der Waals surface area contributed by atoms with E-state index in [9.17, 15) is 8.42 Å². The van der Waals surface area contributed by atoms with Crippen molar-refractivity contribution in [3.63, 3.8) is 0 Å². The molecular formula is C12H12N2O2S3. The summed E-state index contributed by atoms with van der Waals surface area (Å²) < 4.78 is 25.0. The van der Waals surface area contributed by atoms with Gasteiger partial charge in [-0.2, -0.15) is 32.2 Å². The number of nitrogens with zero attached hydrogens (tertiary/aromatic N) is 2. The highest BCUT2D eigenvalue weighted by Gasteiger charge is 2.34. The van der Waals surface area contributed by atoms with Gasteiger partial charge in [0.2, 0.25) is 10.0 Å². The van der Waals surface area contributed by atoms with Gasteiger partial charge >= 0.3 is 0 Å². The van der Waals surface area contributed by atoms with E-state index in [-0.39, 0.29) is 6.04 Å². The fraction of sp³-hybridized carbons (Fsp3) is 0.250. The highest BCUT2D eigenvalue weighted by Crippen LogP contribution is 2.35. The molecule has 0 saturated heterocycles. The number of hydrogen-bond donors (Lipinski definition) is 0. The Hall–Kier alpha value is -1.18. The molecule has 2 aromatic heterocycles. The largest absolute Gasteiger partial charge is 0.247 e. The standard InChI is InChI=1S/C12H12N2O2S3/c1-19(15,16)14-12(10-3-5-18-8-10)6-11(13-14)9-2-4-17-7-9/h2-5,7-8,12H,6H2,1H3/t12-/m1/s1. The molecule has 7 heteroatoms. The normalized spacial score (nSPS) is 19.7. The molecule has 0 radical (unpaired) electrons. The lowest BCUT2D eigenvalue weighted by Gasteiger charge is -2.20. The molecular weight excluding hydrogens is 300 g/mol. The molecule has 0 N–H and O–H groups in total. The average Bonchev–Trinajstić information content (AvgIpc) is 3.09. The Balaban J connectivity index is 2.00. The van der Waals surface area contributed by atoms with Crippen molar-refractivity contribution >= 4 is 38.4 Å². The first-order valence-electron chi connectivity index (χ1n) is 5.67. The molecule has 0 bridgehead atoms. The maximum Gasteiger partial charge on any atom is 0.247 e. The summed E-state index contributed by atoms with van der Waals surface area (Å²) in [6.07, 6.45) is 1.83. The molecule has 100 valence electrons. The van der Waals surface area contributed by atoms with Crippen LogP contribution in [0.15, 0.2) is 38.8 Å². The fourth-order valence-electron chi connectivity index (χ4n) is 2.11. The SMILES string of the molecule is CS(=O)(=O)N1N=C(c2ccsc2)C[C@@H]1c1ccsc1. The van der Waals surface area contributed by atoms with E-state index in [1.54, 1.807) is 22.7 Å². The second-order valence-corrected chi connectivity index (χ2v) is 7.77. The lowest BCUT2D eigenvalue weighted by Crippen LogP contribution is -2.25.